The van der Waals surface area contributed by atoms with Crippen LogP contribution in [-0.2, 0) is 10.8 Å². The summed E-state index contributed by atoms with van der Waals surface area (Å²) in [4.78, 5) is 4.87. The standard InChI is InChI=1S/C13H13NOS/c1-2-16(15)13-5-3-4-12(10-13)11-6-8-14-9-7-11/h3-10H,2H2,1H3. The van der Waals surface area contributed by atoms with Crippen molar-refractivity contribution >= 4 is 10.8 Å². The van der Waals surface area contributed by atoms with Crippen LogP contribution >= 0.6 is 0 Å². The molecular weight excluding hydrogens is 218 g/mol. The molecule has 0 radical (unpaired) electrons. The Hall–Kier alpha value is -1.48. The highest BCUT2D eigenvalue weighted by atomic mass is 32.2. The molecule has 0 aliphatic heterocycles. The maximum Gasteiger partial charge on any atom is 0.0526 e. The molecule has 1 aromatic heterocycles. The number of hydrogen-bond donors (Lipinski definition) is 0. The highest BCUT2D eigenvalue weighted by Crippen LogP contribution is 2.20. The minimum Gasteiger partial charge on any atom is -0.265 e. The van der Waals surface area contributed by atoms with Crippen LogP contribution in [0.3, 0.4) is 0 Å². The van der Waals surface area contributed by atoms with Crippen LogP contribution in [-0.4, -0.2) is 14.9 Å². The van der Waals surface area contributed by atoms with Crippen LogP contribution in [0.2, 0.25) is 0 Å². The Morgan fingerprint density at radius 2 is 1.88 bits per heavy atom. The lowest BCUT2D eigenvalue weighted by molar-refractivity contribution is 0.684. The highest BCUT2D eigenvalue weighted by Gasteiger charge is 2.03. The van der Waals surface area contributed by atoms with Gasteiger partial charge in [-0.1, -0.05) is 19.1 Å². The van der Waals surface area contributed by atoms with Gasteiger partial charge in [-0.25, -0.2) is 0 Å². The van der Waals surface area contributed by atoms with Gasteiger partial charge in [0.05, 0.1) is 10.8 Å². The lowest BCUT2D eigenvalue weighted by atomic mass is 10.1. The van der Waals surface area contributed by atoms with E-state index >= 15 is 0 Å². The van der Waals surface area contributed by atoms with Crippen molar-refractivity contribution in [3.63, 3.8) is 0 Å². The van der Waals surface area contributed by atoms with Gasteiger partial charge in [-0.3, -0.25) is 9.19 Å². The van der Waals surface area contributed by atoms with Gasteiger partial charge in [0.1, 0.15) is 0 Å². The molecule has 2 rings (SSSR count). The summed E-state index contributed by atoms with van der Waals surface area (Å²) in [6.07, 6.45) is 3.53. The fraction of sp³-hybridized carbons (Fsp3) is 0.154. The number of nitrogens with zero attached hydrogens (tertiary/aromatic N) is 1. The quantitative estimate of drug-likeness (QED) is 0.813. The molecule has 0 bridgehead atoms. The first-order valence-electron chi connectivity index (χ1n) is 5.20. The maximum absolute atomic E-state index is 11.7. The van der Waals surface area contributed by atoms with Crippen molar-refractivity contribution in [1.29, 1.82) is 0 Å². The third-order valence-electron chi connectivity index (χ3n) is 2.37. The minimum atomic E-state index is -0.890. The first-order valence-corrected chi connectivity index (χ1v) is 6.52. The molecule has 1 heterocycles. The summed E-state index contributed by atoms with van der Waals surface area (Å²) in [5, 5.41) is 0. The molecule has 0 aliphatic carbocycles. The molecule has 0 N–H and O–H groups in total. The second-order valence-electron chi connectivity index (χ2n) is 3.40. The van der Waals surface area contributed by atoms with Crippen molar-refractivity contribution in [2.75, 3.05) is 5.75 Å². The molecule has 0 aliphatic rings. The molecule has 0 amide bonds. The highest BCUT2D eigenvalue weighted by molar-refractivity contribution is 7.85. The topological polar surface area (TPSA) is 30.0 Å². The van der Waals surface area contributed by atoms with Crippen LogP contribution in [0, 0.1) is 0 Å². The average Bonchev–Trinajstić information content (AvgIpc) is 2.39. The van der Waals surface area contributed by atoms with E-state index in [1.165, 1.54) is 0 Å². The van der Waals surface area contributed by atoms with Crippen LogP contribution in [0.4, 0.5) is 0 Å². The average molecular weight is 231 g/mol. The first kappa shape index (κ1) is 11.0. The second-order valence-corrected chi connectivity index (χ2v) is 5.14. The number of aromatic nitrogens is 1. The van der Waals surface area contributed by atoms with E-state index in [9.17, 15) is 4.21 Å². The Kier molecular flexibility index (Phi) is 3.47. The van der Waals surface area contributed by atoms with Crippen molar-refractivity contribution < 1.29 is 4.21 Å². The summed E-state index contributed by atoms with van der Waals surface area (Å²) in [7, 11) is -0.890. The molecule has 2 aromatic rings. The van der Waals surface area contributed by atoms with E-state index in [0.29, 0.717) is 5.75 Å². The molecule has 1 unspecified atom stereocenters. The van der Waals surface area contributed by atoms with Gasteiger partial charge >= 0.3 is 0 Å². The summed E-state index contributed by atoms with van der Waals surface area (Å²) in [5.74, 6) is 0.653. The minimum absolute atomic E-state index is 0.653. The van der Waals surface area contributed by atoms with Crippen molar-refractivity contribution in [2.45, 2.75) is 11.8 Å². The molecular formula is C13H13NOS. The molecule has 2 nitrogen and oxygen atoms in total. The van der Waals surface area contributed by atoms with Crippen molar-refractivity contribution in [3.05, 3.63) is 48.8 Å². The van der Waals surface area contributed by atoms with Gasteiger partial charge in [-0.05, 0) is 35.4 Å². The van der Waals surface area contributed by atoms with Crippen LogP contribution in [0.5, 0.6) is 0 Å². The molecule has 16 heavy (non-hydrogen) atoms. The van der Waals surface area contributed by atoms with Crippen LogP contribution in [0.25, 0.3) is 11.1 Å². The molecule has 1 aromatic carbocycles. The zero-order valence-corrected chi connectivity index (χ0v) is 9.91. The number of benzene rings is 1. The molecule has 3 heteroatoms. The fourth-order valence-corrected chi connectivity index (χ4v) is 2.35. The maximum atomic E-state index is 11.7. The largest absolute Gasteiger partial charge is 0.265 e. The predicted molar refractivity (Wildman–Crippen MR) is 66.6 cm³/mol. The van der Waals surface area contributed by atoms with E-state index in [1.54, 1.807) is 12.4 Å². The van der Waals surface area contributed by atoms with E-state index in [0.717, 1.165) is 16.0 Å². The third-order valence-corrected chi connectivity index (χ3v) is 3.68. The Morgan fingerprint density at radius 1 is 1.12 bits per heavy atom. The number of pyridine rings is 1. The van der Waals surface area contributed by atoms with E-state index < -0.39 is 10.8 Å². The van der Waals surface area contributed by atoms with Gasteiger partial charge in [-0.2, -0.15) is 0 Å². The summed E-state index contributed by atoms with van der Waals surface area (Å²) in [6.45, 7) is 1.93. The summed E-state index contributed by atoms with van der Waals surface area (Å²) in [5.41, 5.74) is 2.19. The zero-order chi connectivity index (χ0) is 11.4. The predicted octanol–water partition coefficient (Wildman–Crippen LogP) is 2.88. The van der Waals surface area contributed by atoms with E-state index in [1.807, 2.05) is 43.3 Å². The first-order chi connectivity index (χ1) is 7.81. The summed E-state index contributed by atoms with van der Waals surface area (Å²) in [6, 6.07) is 11.8. The van der Waals surface area contributed by atoms with E-state index in [4.69, 9.17) is 0 Å². The molecule has 0 fully saturated rings. The van der Waals surface area contributed by atoms with Crippen molar-refractivity contribution in [3.8, 4) is 11.1 Å². The van der Waals surface area contributed by atoms with Crippen LogP contribution in [0.15, 0.2) is 53.7 Å². The Labute approximate surface area is 97.8 Å². The van der Waals surface area contributed by atoms with Gasteiger partial charge in [0, 0.05) is 23.0 Å². The van der Waals surface area contributed by atoms with Crippen LogP contribution < -0.4 is 0 Å². The smallest absolute Gasteiger partial charge is 0.0526 e. The summed E-state index contributed by atoms with van der Waals surface area (Å²) >= 11 is 0. The Bertz CT molecular complexity index is 496. The van der Waals surface area contributed by atoms with Gasteiger partial charge in [-0.15, -0.1) is 0 Å². The van der Waals surface area contributed by atoms with Crippen molar-refractivity contribution in [1.82, 2.24) is 4.98 Å². The lowest BCUT2D eigenvalue weighted by Gasteiger charge is -2.04. The SMILES string of the molecule is CCS(=O)c1cccc(-c2ccncc2)c1. The fourth-order valence-electron chi connectivity index (χ4n) is 1.53. The monoisotopic (exact) mass is 231 g/mol. The molecule has 1 atom stereocenters. The third kappa shape index (κ3) is 2.36. The number of rotatable bonds is 3. The Balaban J connectivity index is 2.40. The molecule has 0 saturated carbocycles. The van der Waals surface area contributed by atoms with E-state index in [2.05, 4.69) is 4.98 Å². The lowest BCUT2D eigenvalue weighted by Crippen LogP contribution is -1.93. The summed E-state index contributed by atoms with van der Waals surface area (Å²) < 4.78 is 11.7. The number of hydrogen-bond acceptors (Lipinski definition) is 2. The zero-order valence-electron chi connectivity index (χ0n) is 9.09. The molecule has 0 spiro atoms. The van der Waals surface area contributed by atoms with Gasteiger partial charge in [0.2, 0.25) is 0 Å². The van der Waals surface area contributed by atoms with Gasteiger partial charge < -0.3 is 0 Å². The molecule has 82 valence electrons. The van der Waals surface area contributed by atoms with Gasteiger partial charge in [0.15, 0.2) is 0 Å². The second kappa shape index (κ2) is 5.03. The molecule has 0 saturated heterocycles. The Morgan fingerprint density at radius 3 is 2.56 bits per heavy atom. The van der Waals surface area contributed by atoms with Crippen LogP contribution in [0.1, 0.15) is 6.92 Å². The van der Waals surface area contributed by atoms with E-state index in [-0.39, 0.29) is 0 Å². The van der Waals surface area contributed by atoms with Gasteiger partial charge in [0.25, 0.3) is 0 Å². The van der Waals surface area contributed by atoms with Crippen molar-refractivity contribution in [2.24, 2.45) is 0 Å². The normalized spacial score (nSPS) is 12.3.